The molecule has 2 rings (SSSR count). The van der Waals surface area contributed by atoms with Crippen LogP contribution in [0.25, 0.3) is 0 Å². The lowest BCUT2D eigenvalue weighted by molar-refractivity contribution is -0.139. The molecule has 0 spiro atoms. The van der Waals surface area contributed by atoms with Crippen molar-refractivity contribution in [3.8, 4) is 5.75 Å². The minimum absolute atomic E-state index is 0.0480. The van der Waals surface area contributed by atoms with Gasteiger partial charge >= 0.3 is 0 Å². The molecule has 4 heteroatoms. The summed E-state index contributed by atoms with van der Waals surface area (Å²) < 4.78 is 5.80. The topological polar surface area (TPSA) is 55.6 Å². The number of nitrogens with two attached hydrogens (primary N) is 1. The van der Waals surface area contributed by atoms with E-state index in [1.165, 1.54) is 5.56 Å². The molecule has 2 N–H and O–H groups in total. The fourth-order valence-corrected chi connectivity index (χ4v) is 2.66. The van der Waals surface area contributed by atoms with Gasteiger partial charge in [-0.3, -0.25) is 4.79 Å². The van der Waals surface area contributed by atoms with E-state index in [2.05, 4.69) is 32.9 Å². The molecule has 1 atom stereocenters. The third-order valence-electron chi connectivity index (χ3n) is 4.23. The van der Waals surface area contributed by atoms with Crippen LogP contribution in [0, 0.1) is 0 Å². The number of rotatable bonds is 3. The third kappa shape index (κ3) is 4.23. The van der Waals surface area contributed by atoms with Crippen LogP contribution in [-0.2, 0) is 10.2 Å². The molecule has 1 aliphatic heterocycles. The zero-order valence-corrected chi connectivity index (χ0v) is 14.1. The van der Waals surface area contributed by atoms with Gasteiger partial charge in [0.05, 0.1) is 0 Å². The van der Waals surface area contributed by atoms with E-state index in [-0.39, 0.29) is 17.4 Å². The first-order valence-corrected chi connectivity index (χ1v) is 8.09. The van der Waals surface area contributed by atoms with Crippen molar-refractivity contribution in [3.63, 3.8) is 0 Å². The number of hydrogen-bond donors (Lipinski definition) is 1. The zero-order chi connectivity index (χ0) is 16.3. The average molecular weight is 304 g/mol. The Morgan fingerprint density at radius 2 is 1.77 bits per heavy atom. The fraction of sp³-hybridized carbons (Fsp3) is 0.611. The molecule has 22 heavy (non-hydrogen) atoms. The molecule has 1 fully saturated rings. The number of carbonyl (C=O) groups is 1. The summed E-state index contributed by atoms with van der Waals surface area (Å²) in [6, 6.07) is 8.23. The molecule has 4 nitrogen and oxygen atoms in total. The van der Waals surface area contributed by atoms with Crippen molar-refractivity contribution in [2.75, 3.05) is 13.1 Å². The summed E-state index contributed by atoms with van der Waals surface area (Å²) in [5.74, 6) is 0.786. The molecule has 1 unspecified atom stereocenters. The van der Waals surface area contributed by atoms with Crippen LogP contribution < -0.4 is 10.5 Å². The Kier molecular flexibility index (Phi) is 5.12. The number of carbonyl (C=O) groups excluding carboxylic acids is 1. The summed E-state index contributed by atoms with van der Waals surface area (Å²) in [6.07, 6.45) is 1.28. The SMILES string of the molecule is CC(Oc1ccc(C(C)(C)C)cc1)C(=O)N1CCC(N)CC1. The molecule has 1 saturated heterocycles. The molecule has 1 aromatic carbocycles. The van der Waals surface area contributed by atoms with E-state index < -0.39 is 6.10 Å². The van der Waals surface area contributed by atoms with E-state index in [4.69, 9.17) is 10.5 Å². The number of benzene rings is 1. The Morgan fingerprint density at radius 1 is 1.23 bits per heavy atom. The van der Waals surface area contributed by atoms with Crippen LogP contribution in [0.15, 0.2) is 24.3 Å². The van der Waals surface area contributed by atoms with Crippen molar-refractivity contribution in [3.05, 3.63) is 29.8 Å². The Morgan fingerprint density at radius 3 is 2.27 bits per heavy atom. The summed E-state index contributed by atoms with van der Waals surface area (Å²) in [7, 11) is 0. The van der Waals surface area contributed by atoms with Crippen LogP contribution in [0.1, 0.15) is 46.1 Å². The Labute approximate surface area is 133 Å². The van der Waals surface area contributed by atoms with E-state index in [1.54, 1.807) is 0 Å². The van der Waals surface area contributed by atoms with Crippen LogP contribution in [0.4, 0.5) is 0 Å². The molecule has 1 amide bonds. The highest BCUT2D eigenvalue weighted by atomic mass is 16.5. The number of amides is 1. The van der Waals surface area contributed by atoms with Gasteiger partial charge in [0.25, 0.3) is 5.91 Å². The van der Waals surface area contributed by atoms with E-state index in [0.717, 1.165) is 31.7 Å². The second-order valence-electron chi connectivity index (χ2n) is 7.20. The normalized spacial score (nSPS) is 18.1. The molecule has 1 aromatic rings. The van der Waals surface area contributed by atoms with Gasteiger partial charge in [-0.15, -0.1) is 0 Å². The number of hydrogen-bond acceptors (Lipinski definition) is 3. The highest BCUT2D eigenvalue weighted by molar-refractivity contribution is 5.81. The predicted molar refractivity (Wildman–Crippen MR) is 89.0 cm³/mol. The lowest BCUT2D eigenvalue weighted by Crippen LogP contribution is -2.47. The van der Waals surface area contributed by atoms with Gasteiger partial charge in [-0.2, -0.15) is 0 Å². The monoisotopic (exact) mass is 304 g/mol. The fourth-order valence-electron chi connectivity index (χ4n) is 2.66. The largest absolute Gasteiger partial charge is 0.481 e. The predicted octanol–water partition coefficient (Wildman–Crippen LogP) is 2.70. The standard InChI is InChI=1S/C18H28N2O2/c1-13(17(21)20-11-9-15(19)10-12-20)22-16-7-5-14(6-8-16)18(2,3)4/h5-8,13,15H,9-12,19H2,1-4H3. The van der Waals surface area contributed by atoms with Gasteiger partial charge in [-0.25, -0.2) is 0 Å². The van der Waals surface area contributed by atoms with E-state index in [0.29, 0.717) is 0 Å². The molecule has 0 saturated carbocycles. The van der Waals surface area contributed by atoms with Gasteiger partial charge < -0.3 is 15.4 Å². The molecule has 0 radical (unpaired) electrons. The molecular formula is C18H28N2O2. The smallest absolute Gasteiger partial charge is 0.263 e. The van der Waals surface area contributed by atoms with Gasteiger partial charge in [0.2, 0.25) is 0 Å². The van der Waals surface area contributed by atoms with Crippen LogP contribution in [-0.4, -0.2) is 36.0 Å². The first-order chi connectivity index (χ1) is 10.3. The van der Waals surface area contributed by atoms with Crippen LogP contribution in [0.3, 0.4) is 0 Å². The minimum atomic E-state index is -0.463. The second kappa shape index (κ2) is 6.69. The summed E-state index contributed by atoms with van der Waals surface area (Å²) in [4.78, 5) is 14.3. The molecule has 0 aliphatic carbocycles. The molecule has 0 bridgehead atoms. The summed E-state index contributed by atoms with van der Waals surface area (Å²) in [6.45, 7) is 9.81. The zero-order valence-electron chi connectivity index (χ0n) is 14.1. The molecule has 122 valence electrons. The first kappa shape index (κ1) is 16.8. The van der Waals surface area contributed by atoms with Gasteiger partial charge in [0, 0.05) is 19.1 Å². The van der Waals surface area contributed by atoms with Gasteiger partial charge in [-0.05, 0) is 42.9 Å². The summed E-state index contributed by atoms with van der Waals surface area (Å²) in [5.41, 5.74) is 7.25. The van der Waals surface area contributed by atoms with E-state index in [9.17, 15) is 4.79 Å². The first-order valence-electron chi connectivity index (χ1n) is 8.09. The molecule has 1 heterocycles. The second-order valence-corrected chi connectivity index (χ2v) is 7.20. The molecular weight excluding hydrogens is 276 g/mol. The molecule has 1 aliphatic rings. The average Bonchev–Trinajstić information content (AvgIpc) is 2.47. The van der Waals surface area contributed by atoms with Crippen molar-refractivity contribution in [2.45, 2.75) is 58.1 Å². The summed E-state index contributed by atoms with van der Waals surface area (Å²) >= 11 is 0. The Hall–Kier alpha value is -1.55. The van der Waals surface area contributed by atoms with Crippen molar-refractivity contribution < 1.29 is 9.53 Å². The number of nitrogens with zero attached hydrogens (tertiary/aromatic N) is 1. The van der Waals surface area contributed by atoms with Crippen LogP contribution in [0.2, 0.25) is 0 Å². The lowest BCUT2D eigenvalue weighted by atomic mass is 9.87. The van der Waals surface area contributed by atoms with Crippen LogP contribution >= 0.6 is 0 Å². The van der Waals surface area contributed by atoms with Gasteiger partial charge in [-0.1, -0.05) is 32.9 Å². The molecule has 0 aromatic heterocycles. The van der Waals surface area contributed by atoms with Crippen LogP contribution in [0.5, 0.6) is 5.75 Å². The maximum Gasteiger partial charge on any atom is 0.263 e. The number of ether oxygens (including phenoxy) is 1. The third-order valence-corrected chi connectivity index (χ3v) is 4.23. The van der Waals surface area contributed by atoms with E-state index in [1.807, 2.05) is 24.0 Å². The highest BCUT2D eigenvalue weighted by Gasteiger charge is 2.25. The van der Waals surface area contributed by atoms with Crippen molar-refractivity contribution >= 4 is 5.91 Å². The van der Waals surface area contributed by atoms with Gasteiger partial charge in [0.1, 0.15) is 5.75 Å². The number of piperidine rings is 1. The maximum absolute atomic E-state index is 12.4. The Balaban J connectivity index is 1.93. The Bertz CT molecular complexity index is 497. The highest BCUT2D eigenvalue weighted by Crippen LogP contribution is 2.25. The van der Waals surface area contributed by atoms with Gasteiger partial charge in [0.15, 0.2) is 6.10 Å². The minimum Gasteiger partial charge on any atom is -0.481 e. The van der Waals surface area contributed by atoms with E-state index >= 15 is 0 Å². The quantitative estimate of drug-likeness (QED) is 0.934. The van der Waals surface area contributed by atoms with Crippen molar-refractivity contribution in [1.29, 1.82) is 0 Å². The van der Waals surface area contributed by atoms with Crippen molar-refractivity contribution in [1.82, 2.24) is 4.90 Å². The summed E-state index contributed by atoms with van der Waals surface area (Å²) in [5, 5.41) is 0. The lowest BCUT2D eigenvalue weighted by Gasteiger charge is -2.32. The maximum atomic E-state index is 12.4. The van der Waals surface area contributed by atoms with Crippen molar-refractivity contribution in [2.24, 2.45) is 5.73 Å². The number of likely N-dealkylation sites (tertiary alicyclic amines) is 1.